The Hall–Kier alpha value is 0.290. The Morgan fingerprint density at radius 2 is 1.06 bits per heavy atom. The molecule has 0 aliphatic rings. The van der Waals surface area contributed by atoms with Crippen LogP contribution in [0.5, 0.6) is 0 Å². The van der Waals surface area contributed by atoms with Crippen LogP contribution in [0.4, 0.5) is 0 Å². The molecule has 1 atom stereocenters. The third-order valence-corrected chi connectivity index (χ3v) is 3.42. The van der Waals surface area contributed by atoms with Crippen molar-refractivity contribution in [2.24, 2.45) is 0 Å². The number of hydrogen-bond donors (Lipinski definition) is 0. The van der Waals surface area contributed by atoms with Gasteiger partial charge in [0.25, 0.3) is 0 Å². The quantitative estimate of drug-likeness (QED) is 0.279. The SMILES string of the molecule is CCCCCCCCCCCCCC(C)Cl. The van der Waals surface area contributed by atoms with Crippen LogP contribution < -0.4 is 0 Å². The smallest absolute Gasteiger partial charge is 0.0307 e. The Labute approximate surface area is 108 Å². The summed E-state index contributed by atoms with van der Waals surface area (Å²) in [7, 11) is 0. The topological polar surface area (TPSA) is 0 Å². The molecule has 0 amide bonds. The minimum atomic E-state index is 0.374. The molecule has 98 valence electrons. The van der Waals surface area contributed by atoms with Crippen molar-refractivity contribution in [2.75, 3.05) is 0 Å². The maximum Gasteiger partial charge on any atom is 0.0307 e. The molecule has 0 spiro atoms. The number of hydrogen-bond acceptors (Lipinski definition) is 0. The maximum absolute atomic E-state index is 5.90. The summed E-state index contributed by atoms with van der Waals surface area (Å²) in [5, 5.41) is 0.374. The van der Waals surface area contributed by atoms with Crippen molar-refractivity contribution in [3.05, 3.63) is 0 Å². The predicted molar refractivity (Wildman–Crippen MR) is 76.4 cm³/mol. The Bertz CT molecular complexity index is 121. The molecule has 0 rings (SSSR count). The molecule has 1 unspecified atom stereocenters. The van der Waals surface area contributed by atoms with Gasteiger partial charge in [-0.1, -0.05) is 77.6 Å². The zero-order valence-electron chi connectivity index (χ0n) is 11.4. The number of rotatable bonds is 12. The molecule has 0 saturated heterocycles. The fourth-order valence-corrected chi connectivity index (χ4v) is 2.24. The van der Waals surface area contributed by atoms with E-state index in [2.05, 4.69) is 13.8 Å². The van der Waals surface area contributed by atoms with Crippen LogP contribution in [-0.4, -0.2) is 5.38 Å². The van der Waals surface area contributed by atoms with E-state index >= 15 is 0 Å². The van der Waals surface area contributed by atoms with E-state index in [0.29, 0.717) is 5.38 Å². The average molecular weight is 247 g/mol. The molecule has 0 N–H and O–H groups in total. The minimum Gasteiger partial charge on any atom is -0.123 e. The van der Waals surface area contributed by atoms with E-state index in [9.17, 15) is 0 Å². The molecular formula is C15H31Cl. The first kappa shape index (κ1) is 16.3. The summed E-state index contributed by atoms with van der Waals surface area (Å²) in [5.41, 5.74) is 0. The summed E-state index contributed by atoms with van der Waals surface area (Å²) in [6.45, 7) is 4.37. The second kappa shape index (κ2) is 13.4. The van der Waals surface area contributed by atoms with Gasteiger partial charge in [0.1, 0.15) is 0 Å². The third-order valence-electron chi connectivity index (χ3n) is 3.21. The first-order chi connectivity index (χ1) is 7.77. The molecule has 0 bridgehead atoms. The van der Waals surface area contributed by atoms with E-state index in [1.54, 1.807) is 0 Å². The van der Waals surface area contributed by atoms with Gasteiger partial charge in [-0.25, -0.2) is 0 Å². The lowest BCUT2D eigenvalue weighted by Crippen LogP contribution is -1.90. The number of alkyl halides is 1. The first-order valence-corrected chi connectivity index (χ1v) is 7.85. The van der Waals surface area contributed by atoms with Crippen LogP contribution in [-0.2, 0) is 0 Å². The fourth-order valence-electron chi connectivity index (χ4n) is 2.09. The molecule has 0 heterocycles. The van der Waals surface area contributed by atoms with Crippen LogP contribution in [0.3, 0.4) is 0 Å². The van der Waals surface area contributed by atoms with E-state index < -0.39 is 0 Å². The molecule has 0 aromatic rings. The average Bonchev–Trinajstić information content (AvgIpc) is 2.25. The summed E-state index contributed by atoms with van der Waals surface area (Å²) in [5.74, 6) is 0. The van der Waals surface area contributed by atoms with Gasteiger partial charge in [-0.2, -0.15) is 0 Å². The van der Waals surface area contributed by atoms with Gasteiger partial charge in [0, 0.05) is 5.38 Å². The highest BCUT2D eigenvalue weighted by molar-refractivity contribution is 6.20. The first-order valence-electron chi connectivity index (χ1n) is 7.41. The van der Waals surface area contributed by atoms with Crippen molar-refractivity contribution in [1.82, 2.24) is 0 Å². The molecule has 0 aliphatic carbocycles. The summed E-state index contributed by atoms with van der Waals surface area (Å²) >= 11 is 5.90. The molecule has 0 radical (unpaired) electrons. The van der Waals surface area contributed by atoms with Gasteiger partial charge in [0.2, 0.25) is 0 Å². The zero-order valence-corrected chi connectivity index (χ0v) is 12.2. The normalized spacial score (nSPS) is 12.9. The molecule has 16 heavy (non-hydrogen) atoms. The number of halogens is 1. The lowest BCUT2D eigenvalue weighted by atomic mass is 10.0. The molecule has 0 nitrogen and oxygen atoms in total. The molecule has 0 saturated carbocycles. The number of unbranched alkanes of at least 4 members (excludes halogenated alkanes) is 10. The molecule has 0 aromatic carbocycles. The Morgan fingerprint density at radius 3 is 1.44 bits per heavy atom. The van der Waals surface area contributed by atoms with Crippen molar-refractivity contribution < 1.29 is 0 Å². The van der Waals surface area contributed by atoms with E-state index in [-0.39, 0.29) is 0 Å². The van der Waals surface area contributed by atoms with Crippen LogP contribution in [0.25, 0.3) is 0 Å². The standard InChI is InChI=1S/C15H31Cl/c1-3-4-5-6-7-8-9-10-11-12-13-14-15(2)16/h15H,3-14H2,1-2H3. The van der Waals surface area contributed by atoms with E-state index in [1.807, 2.05) is 0 Å². The molecule has 0 aromatic heterocycles. The van der Waals surface area contributed by atoms with Gasteiger partial charge in [0.05, 0.1) is 0 Å². The highest BCUT2D eigenvalue weighted by Gasteiger charge is 1.96. The van der Waals surface area contributed by atoms with Crippen molar-refractivity contribution in [3.8, 4) is 0 Å². The van der Waals surface area contributed by atoms with E-state index in [1.165, 1.54) is 77.0 Å². The largest absolute Gasteiger partial charge is 0.123 e. The van der Waals surface area contributed by atoms with Crippen molar-refractivity contribution in [1.29, 1.82) is 0 Å². The van der Waals surface area contributed by atoms with Gasteiger partial charge in [-0.05, 0) is 13.3 Å². The van der Waals surface area contributed by atoms with Gasteiger partial charge < -0.3 is 0 Å². The second-order valence-electron chi connectivity index (χ2n) is 5.10. The van der Waals surface area contributed by atoms with E-state index in [4.69, 9.17) is 11.6 Å². The van der Waals surface area contributed by atoms with Crippen LogP contribution in [0.1, 0.15) is 90.9 Å². The van der Waals surface area contributed by atoms with Crippen LogP contribution >= 0.6 is 11.6 Å². The minimum absolute atomic E-state index is 0.374. The second-order valence-corrected chi connectivity index (χ2v) is 5.85. The molecule has 1 heteroatoms. The van der Waals surface area contributed by atoms with Gasteiger partial charge in [-0.15, -0.1) is 11.6 Å². The Morgan fingerprint density at radius 1 is 0.688 bits per heavy atom. The van der Waals surface area contributed by atoms with Gasteiger partial charge in [0.15, 0.2) is 0 Å². The van der Waals surface area contributed by atoms with Crippen molar-refractivity contribution >= 4 is 11.6 Å². The van der Waals surface area contributed by atoms with Crippen molar-refractivity contribution in [3.63, 3.8) is 0 Å². The summed E-state index contributed by atoms with van der Waals surface area (Å²) < 4.78 is 0. The molecule has 0 aliphatic heterocycles. The predicted octanol–water partition coefficient (Wildman–Crippen LogP) is 6.31. The summed E-state index contributed by atoms with van der Waals surface area (Å²) in [4.78, 5) is 0. The van der Waals surface area contributed by atoms with Crippen LogP contribution in [0, 0.1) is 0 Å². The Kier molecular flexibility index (Phi) is 13.6. The van der Waals surface area contributed by atoms with Crippen molar-refractivity contribution in [2.45, 2.75) is 96.3 Å². The lowest BCUT2D eigenvalue weighted by molar-refractivity contribution is 0.543. The summed E-state index contributed by atoms with van der Waals surface area (Å²) in [6, 6.07) is 0. The van der Waals surface area contributed by atoms with Crippen LogP contribution in [0.2, 0.25) is 0 Å². The van der Waals surface area contributed by atoms with Crippen LogP contribution in [0.15, 0.2) is 0 Å². The van der Waals surface area contributed by atoms with Gasteiger partial charge in [-0.3, -0.25) is 0 Å². The van der Waals surface area contributed by atoms with Gasteiger partial charge >= 0.3 is 0 Å². The third kappa shape index (κ3) is 14.3. The zero-order chi connectivity index (χ0) is 12.1. The Balaban J connectivity index is 2.88. The monoisotopic (exact) mass is 246 g/mol. The molecule has 0 fully saturated rings. The summed E-state index contributed by atoms with van der Waals surface area (Å²) in [6.07, 6.45) is 16.8. The highest BCUT2D eigenvalue weighted by atomic mass is 35.5. The highest BCUT2D eigenvalue weighted by Crippen LogP contribution is 2.13. The lowest BCUT2D eigenvalue weighted by Gasteiger charge is -2.03. The van der Waals surface area contributed by atoms with E-state index in [0.717, 1.165) is 0 Å². The fraction of sp³-hybridized carbons (Fsp3) is 1.00. The maximum atomic E-state index is 5.90. The molecular weight excluding hydrogens is 216 g/mol.